The summed E-state index contributed by atoms with van der Waals surface area (Å²) in [7, 11) is 1.51. The first-order chi connectivity index (χ1) is 15.8. The number of nitrogens with one attached hydrogen (secondary N) is 2. The summed E-state index contributed by atoms with van der Waals surface area (Å²) in [4.78, 5) is 37.7. The topological polar surface area (TPSA) is 115 Å². The van der Waals surface area contributed by atoms with Crippen LogP contribution in [-0.2, 0) is 9.53 Å². The second-order valence-corrected chi connectivity index (χ2v) is 9.13. The molecule has 2 heterocycles. The van der Waals surface area contributed by atoms with Crippen LogP contribution in [0.15, 0.2) is 29.7 Å². The minimum absolute atomic E-state index is 0.0398. The molecule has 3 rings (SSSR count). The Morgan fingerprint density at radius 2 is 1.97 bits per heavy atom. The third-order valence-corrected chi connectivity index (χ3v) is 6.92. The van der Waals surface area contributed by atoms with Crippen molar-refractivity contribution in [3.05, 3.63) is 51.7 Å². The standard InChI is InChI=1S/C22H25N5O4S2/c1-6-31-21(30)17-14(4)18(19(29)23-5)33-20(17)25-16(28)10-32-22-26-24-11-27(22)15-8-7-12(2)9-13(15)3/h7-9,11H,6,10H2,1-5H3,(H,23,29)(H,25,28). The number of anilines is 1. The number of hydrogen-bond acceptors (Lipinski definition) is 8. The van der Waals surface area contributed by atoms with Crippen molar-refractivity contribution in [2.75, 3.05) is 24.7 Å². The molecule has 0 atom stereocenters. The van der Waals surface area contributed by atoms with Crippen LogP contribution < -0.4 is 10.6 Å². The Morgan fingerprint density at radius 1 is 1.21 bits per heavy atom. The Labute approximate surface area is 199 Å². The lowest BCUT2D eigenvalue weighted by Gasteiger charge is -2.10. The molecule has 0 radical (unpaired) electrons. The minimum atomic E-state index is -0.584. The maximum absolute atomic E-state index is 12.7. The minimum Gasteiger partial charge on any atom is -0.462 e. The normalized spacial score (nSPS) is 10.7. The van der Waals surface area contributed by atoms with Gasteiger partial charge < -0.3 is 15.4 Å². The van der Waals surface area contributed by atoms with E-state index in [0.717, 1.165) is 28.2 Å². The summed E-state index contributed by atoms with van der Waals surface area (Å²) in [5.41, 5.74) is 3.81. The van der Waals surface area contributed by atoms with Crippen LogP contribution in [0.25, 0.3) is 5.69 Å². The van der Waals surface area contributed by atoms with Gasteiger partial charge in [0.2, 0.25) is 5.91 Å². The number of rotatable bonds is 8. The number of hydrogen-bond donors (Lipinski definition) is 2. The molecular formula is C22H25N5O4S2. The van der Waals surface area contributed by atoms with Crippen molar-refractivity contribution in [1.82, 2.24) is 20.1 Å². The van der Waals surface area contributed by atoms with Gasteiger partial charge in [-0.15, -0.1) is 21.5 Å². The van der Waals surface area contributed by atoms with Gasteiger partial charge in [-0.3, -0.25) is 14.2 Å². The zero-order valence-corrected chi connectivity index (χ0v) is 20.6. The average Bonchev–Trinajstić information content (AvgIpc) is 3.36. The number of nitrogens with zero attached hydrogens (tertiary/aromatic N) is 3. The van der Waals surface area contributed by atoms with Crippen molar-refractivity contribution >= 4 is 45.9 Å². The van der Waals surface area contributed by atoms with Crippen molar-refractivity contribution in [3.8, 4) is 5.69 Å². The number of esters is 1. The zero-order chi connectivity index (χ0) is 24.1. The van der Waals surface area contributed by atoms with E-state index in [2.05, 4.69) is 26.9 Å². The van der Waals surface area contributed by atoms with Crippen LogP contribution in [0.4, 0.5) is 5.00 Å². The highest BCUT2D eigenvalue weighted by Gasteiger charge is 2.26. The molecule has 0 aliphatic rings. The number of ether oxygens (including phenoxy) is 1. The summed E-state index contributed by atoms with van der Waals surface area (Å²) in [6.07, 6.45) is 1.61. The van der Waals surface area contributed by atoms with Gasteiger partial charge in [0, 0.05) is 7.05 Å². The smallest absolute Gasteiger partial charge is 0.341 e. The summed E-state index contributed by atoms with van der Waals surface area (Å²) in [5.74, 6) is -1.22. The third-order valence-electron chi connectivity index (χ3n) is 4.77. The van der Waals surface area contributed by atoms with E-state index in [1.54, 1.807) is 20.2 Å². The molecule has 11 heteroatoms. The second-order valence-electron chi connectivity index (χ2n) is 7.17. The number of thioether (sulfide) groups is 1. The molecule has 0 unspecified atom stereocenters. The maximum Gasteiger partial charge on any atom is 0.341 e. The van der Waals surface area contributed by atoms with Gasteiger partial charge in [0.15, 0.2) is 5.16 Å². The largest absolute Gasteiger partial charge is 0.462 e. The summed E-state index contributed by atoms with van der Waals surface area (Å²) in [6, 6.07) is 6.05. The molecule has 1 aromatic carbocycles. The van der Waals surface area contributed by atoms with Gasteiger partial charge in [0.25, 0.3) is 5.91 Å². The van der Waals surface area contributed by atoms with Gasteiger partial charge in [0.05, 0.1) is 28.5 Å². The first kappa shape index (κ1) is 24.5. The molecule has 33 heavy (non-hydrogen) atoms. The van der Waals surface area contributed by atoms with E-state index in [9.17, 15) is 14.4 Å². The zero-order valence-electron chi connectivity index (χ0n) is 19.0. The molecule has 2 N–H and O–H groups in total. The highest BCUT2D eigenvalue weighted by molar-refractivity contribution is 7.99. The number of benzene rings is 1. The lowest BCUT2D eigenvalue weighted by atomic mass is 10.1. The van der Waals surface area contributed by atoms with Crippen molar-refractivity contribution in [2.45, 2.75) is 32.9 Å². The number of carbonyl (C=O) groups is 3. The highest BCUT2D eigenvalue weighted by atomic mass is 32.2. The maximum atomic E-state index is 12.7. The predicted octanol–water partition coefficient (Wildman–Crippen LogP) is 3.52. The Hall–Kier alpha value is -3.18. The van der Waals surface area contributed by atoms with Crippen LogP contribution >= 0.6 is 23.1 Å². The fraction of sp³-hybridized carbons (Fsp3) is 0.318. The molecular weight excluding hydrogens is 462 g/mol. The molecule has 9 nitrogen and oxygen atoms in total. The fourth-order valence-electron chi connectivity index (χ4n) is 3.24. The molecule has 0 bridgehead atoms. The van der Waals surface area contributed by atoms with Gasteiger partial charge in [-0.1, -0.05) is 29.5 Å². The average molecular weight is 488 g/mol. The predicted molar refractivity (Wildman–Crippen MR) is 129 cm³/mol. The van der Waals surface area contributed by atoms with Gasteiger partial charge in [-0.05, 0) is 44.9 Å². The molecule has 0 aliphatic carbocycles. The van der Waals surface area contributed by atoms with Crippen LogP contribution in [0.5, 0.6) is 0 Å². The van der Waals surface area contributed by atoms with Crippen LogP contribution in [0.3, 0.4) is 0 Å². The van der Waals surface area contributed by atoms with E-state index in [1.165, 1.54) is 18.8 Å². The second kappa shape index (κ2) is 10.6. The van der Waals surface area contributed by atoms with E-state index in [-0.39, 0.29) is 34.7 Å². The Morgan fingerprint density at radius 3 is 2.64 bits per heavy atom. The number of aryl methyl sites for hydroxylation is 2. The Kier molecular flexibility index (Phi) is 7.88. The molecule has 2 aromatic heterocycles. The van der Waals surface area contributed by atoms with Crippen LogP contribution in [-0.4, -0.2) is 52.0 Å². The lowest BCUT2D eigenvalue weighted by Crippen LogP contribution is -2.18. The van der Waals surface area contributed by atoms with Gasteiger partial charge in [-0.2, -0.15) is 0 Å². The first-order valence-electron chi connectivity index (χ1n) is 10.2. The van der Waals surface area contributed by atoms with Crippen molar-refractivity contribution < 1.29 is 19.1 Å². The van der Waals surface area contributed by atoms with Crippen LogP contribution in [0.1, 0.15) is 43.6 Å². The molecule has 0 saturated heterocycles. The van der Waals surface area contributed by atoms with Crippen molar-refractivity contribution in [3.63, 3.8) is 0 Å². The summed E-state index contributed by atoms with van der Waals surface area (Å²) < 4.78 is 6.95. The summed E-state index contributed by atoms with van der Waals surface area (Å²) in [6.45, 7) is 7.56. The molecule has 2 amide bonds. The van der Waals surface area contributed by atoms with Gasteiger partial charge >= 0.3 is 5.97 Å². The van der Waals surface area contributed by atoms with Gasteiger partial charge in [0.1, 0.15) is 11.3 Å². The molecule has 174 valence electrons. The van der Waals surface area contributed by atoms with Crippen molar-refractivity contribution in [1.29, 1.82) is 0 Å². The number of amides is 2. The first-order valence-corrected chi connectivity index (χ1v) is 12.0. The molecule has 0 aliphatic heterocycles. The van der Waals surface area contributed by atoms with E-state index in [0.29, 0.717) is 15.6 Å². The van der Waals surface area contributed by atoms with Crippen LogP contribution in [0.2, 0.25) is 0 Å². The van der Waals surface area contributed by atoms with Gasteiger partial charge in [-0.25, -0.2) is 4.79 Å². The highest BCUT2D eigenvalue weighted by Crippen LogP contribution is 2.34. The molecule has 0 spiro atoms. The molecule has 0 saturated carbocycles. The van der Waals surface area contributed by atoms with E-state index in [1.807, 2.05) is 30.5 Å². The quantitative estimate of drug-likeness (QED) is 0.369. The summed E-state index contributed by atoms with van der Waals surface area (Å²) >= 11 is 2.26. The van der Waals surface area contributed by atoms with E-state index in [4.69, 9.17) is 4.74 Å². The monoisotopic (exact) mass is 487 g/mol. The summed E-state index contributed by atoms with van der Waals surface area (Å²) in [5, 5.41) is 14.3. The van der Waals surface area contributed by atoms with Crippen molar-refractivity contribution in [2.24, 2.45) is 0 Å². The fourth-order valence-corrected chi connectivity index (χ4v) is 5.12. The Bertz CT molecular complexity index is 1200. The SMILES string of the molecule is CCOC(=O)c1c(NC(=O)CSc2nncn2-c2ccc(C)cc2C)sc(C(=O)NC)c1C. The van der Waals surface area contributed by atoms with E-state index < -0.39 is 5.97 Å². The number of carbonyl (C=O) groups excluding carboxylic acids is 3. The molecule has 0 fully saturated rings. The van der Waals surface area contributed by atoms with E-state index >= 15 is 0 Å². The number of aromatic nitrogens is 3. The third kappa shape index (κ3) is 5.42. The van der Waals surface area contributed by atoms with Crippen LogP contribution in [0, 0.1) is 20.8 Å². The Balaban J connectivity index is 1.78. The lowest BCUT2D eigenvalue weighted by molar-refractivity contribution is -0.113. The number of thiophene rings is 1. The molecule has 3 aromatic rings.